The fourth-order valence-corrected chi connectivity index (χ4v) is 5.76. The molecule has 4 atom stereocenters. The van der Waals surface area contributed by atoms with E-state index in [-0.39, 0.29) is 35.0 Å². The molecule has 3 rings (SSSR count). The lowest BCUT2D eigenvalue weighted by Gasteiger charge is -2.38. The summed E-state index contributed by atoms with van der Waals surface area (Å²) < 4.78 is 33.9. The Bertz CT molecular complexity index is 911. The van der Waals surface area contributed by atoms with Gasteiger partial charge in [-0.1, -0.05) is 0 Å². The molecule has 0 aromatic heterocycles. The van der Waals surface area contributed by atoms with Crippen molar-refractivity contribution in [2.45, 2.75) is 69.7 Å². The maximum Gasteiger partial charge on any atom is 0.241 e. The van der Waals surface area contributed by atoms with E-state index in [0.29, 0.717) is 12.2 Å². The van der Waals surface area contributed by atoms with Crippen LogP contribution in [0, 0.1) is 0 Å². The number of amides is 2. The molecule has 10 heteroatoms. The highest BCUT2D eigenvalue weighted by Crippen LogP contribution is 2.22. The Morgan fingerprint density at radius 2 is 1.78 bits per heavy atom. The first-order valence-corrected chi connectivity index (χ1v) is 12.6. The van der Waals surface area contributed by atoms with E-state index in [0.717, 1.165) is 32.5 Å². The third-order valence-electron chi connectivity index (χ3n) is 5.81. The van der Waals surface area contributed by atoms with Gasteiger partial charge in [0, 0.05) is 44.8 Å². The van der Waals surface area contributed by atoms with Crippen LogP contribution in [0.3, 0.4) is 0 Å². The second-order valence-corrected chi connectivity index (χ2v) is 10.6. The summed E-state index contributed by atoms with van der Waals surface area (Å²) in [5, 5.41) is 2.60. The Kier molecular flexibility index (Phi) is 7.92. The van der Waals surface area contributed by atoms with Gasteiger partial charge in [0.2, 0.25) is 21.8 Å². The number of carbonyl (C=O) groups excluding carboxylic acids is 2. The lowest BCUT2D eigenvalue weighted by atomic mass is 10.1. The smallest absolute Gasteiger partial charge is 0.241 e. The summed E-state index contributed by atoms with van der Waals surface area (Å²) >= 11 is 0. The largest absolute Gasteiger partial charge is 0.373 e. The van der Waals surface area contributed by atoms with Gasteiger partial charge >= 0.3 is 0 Å². The van der Waals surface area contributed by atoms with Gasteiger partial charge in [-0.05, 0) is 57.9 Å². The molecule has 2 aliphatic heterocycles. The van der Waals surface area contributed by atoms with Gasteiger partial charge in [-0.3, -0.25) is 14.5 Å². The molecule has 3 unspecified atom stereocenters. The standard InChI is InChI=1S/C22H34N4O5S/c1-15-12-25(13-16(2)31-15)14-20-6-5-11-26(20)22(28)17(3)24-32(29,30)21-9-7-19(8-10-21)23-18(4)27/h7-10,15-17,20,24H,5-6,11-14H2,1-4H3,(H,23,27)/t15?,16?,17-,20?/m0/s1. The monoisotopic (exact) mass is 466 g/mol. The number of nitrogens with zero attached hydrogens (tertiary/aromatic N) is 2. The van der Waals surface area contributed by atoms with Gasteiger partial charge in [0.25, 0.3) is 0 Å². The summed E-state index contributed by atoms with van der Waals surface area (Å²) in [7, 11) is -3.88. The van der Waals surface area contributed by atoms with Gasteiger partial charge in [0.05, 0.1) is 23.1 Å². The number of hydrogen-bond acceptors (Lipinski definition) is 6. The van der Waals surface area contributed by atoms with Gasteiger partial charge in [0.15, 0.2) is 0 Å². The molecule has 1 aromatic carbocycles. The van der Waals surface area contributed by atoms with Crippen molar-refractivity contribution in [2.24, 2.45) is 0 Å². The van der Waals surface area contributed by atoms with Crippen molar-refractivity contribution >= 4 is 27.5 Å². The first kappa shape index (κ1) is 24.6. The van der Waals surface area contributed by atoms with Crippen molar-refractivity contribution in [1.29, 1.82) is 0 Å². The maximum absolute atomic E-state index is 13.1. The molecule has 9 nitrogen and oxygen atoms in total. The highest BCUT2D eigenvalue weighted by Gasteiger charge is 2.35. The summed E-state index contributed by atoms with van der Waals surface area (Å²) in [5.41, 5.74) is 0.507. The van der Waals surface area contributed by atoms with Crippen LogP contribution in [-0.2, 0) is 24.3 Å². The molecule has 2 heterocycles. The van der Waals surface area contributed by atoms with Crippen molar-refractivity contribution in [3.05, 3.63) is 24.3 Å². The molecule has 0 spiro atoms. The SMILES string of the molecule is CC(=O)Nc1ccc(S(=O)(=O)N[C@@H](C)C(=O)N2CCCC2CN2CC(C)OC(C)C2)cc1. The molecule has 2 fully saturated rings. The Morgan fingerprint density at radius 1 is 1.16 bits per heavy atom. The lowest BCUT2D eigenvalue weighted by molar-refractivity contribution is -0.134. The van der Waals surface area contributed by atoms with Crippen molar-refractivity contribution in [1.82, 2.24) is 14.5 Å². The van der Waals surface area contributed by atoms with Crippen LogP contribution < -0.4 is 10.0 Å². The Balaban J connectivity index is 1.61. The Labute approximate surface area is 190 Å². The fraction of sp³-hybridized carbons (Fsp3) is 0.636. The molecule has 2 amide bonds. The molecule has 0 aliphatic carbocycles. The predicted molar refractivity (Wildman–Crippen MR) is 122 cm³/mol. The second kappa shape index (κ2) is 10.3. The molecule has 0 bridgehead atoms. The highest BCUT2D eigenvalue weighted by molar-refractivity contribution is 7.89. The van der Waals surface area contributed by atoms with E-state index in [4.69, 9.17) is 4.74 Å². The second-order valence-electron chi connectivity index (χ2n) is 8.85. The quantitative estimate of drug-likeness (QED) is 0.629. The number of carbonyl (C=O) groups is 2. The van der Waals surface area contributed by atoms with Gasteiger partial charge in [-0.25, -0.2) is 8.42 Å². The zero-order valence-electron chi connectivity index (χ0n) is 19.2. The number of anilines is 1. The van der Waals surface area contributed by atoms with Crippen LogP contribution in [0.4, 0.5) is 5.69 Å². The lowest BCUT2D eigenvalue weighted by Crippen LogP contribution is -2.53. The number of hydrogen-bond donors (Lipinski definition) is 2. The van der Waals surface area contributed by atoms with Gasteiger partial charge in [0.1, 0.15) is 0 Å². The third-order valence-corrected chi connectivity index (χ3v) is 7.37. The van der Waals surface area contributed by atoms with E-state index in [1.807, 2.05) is 4.90 Å². The molecule has 0 radical (unpaired) electrons. The van der Waals surface area contributed by atoms with E-state index >= 15 is 0 Å². The van der Waals surface area contributed by atoms with E-state index in [1.54, 1.807) is 6.92 Å². The topological polar surface area (TPSA) is 108 Å². The molecular formula is C22H34N4O5S. The van der Waals surface area contributed by atoms with E-state index < -0.39 is 16.1 Å². The number of rotatable bonds is 7. The van der Waals surface area contributed by atoms with E-state index in [2.05, 4.69) is 28.8 Å². The number of likely N-dealkylation sites (tertiary alicyclic amines) is 1. The molecule has 2 aliphatic rings. The summed E-state index contributed by atoms with van der Waals surface area (Å²) in [4.78, 5) is 28.4. The first-order valence-electron chi connectivity index (χ1n) is 11.1. The molecule has 32 heavy (non-hydrogen) atoms. The van der Waals surface area contributed by atoms with Gasteiger partial charge < -0.3 is 15.0 Å². The number of morpholine rings is 1. The molecule has 2 saturated heterocycles. The number of ether oxygens (including phenoxy) is 1. The molecule has 2 N–H and O–H groups in total. The summed E-state index contributed by atoms with van der Waals surface area (Å²) in [5.74, 6) is -0.445. The molecule has 178 valence electrons. The third kappa shape index (κ3) is 6.28. The van der Waals surface area contributed by atoms with Crippen molar-refractivity contribution < 1.29 is 22.7 Å². The zero-order valence-corrected chi connectivity index (χ0v) is 20.0. The fourth-order valence-electron chi connectivity index (χ4n) is 4.57. The summed E-state index contributed by atoms with van der Waals surface area (Å²) in [6.07, 6.45) is 2.14. The van der Waals surface area contributed by atoms with E-state index in [1.165, 1.54) is 31.2 Å². The minimum absolute atomic E-state index is 0.0421. The number of sulfonamides is 1. The first-order chi connectivity index (χ1) is 15.0. The molecular weight excluding hydrogens is 432 g/mol. The number of nitrogens with one attached hydrogen (secondary N) is 2. The van der Waals surface area contributed by atoms with Crippen LogP contribution >= 0.6 is 0 Å². The number of benzene rings is 1. The normalized spacial score (nSPS) is 25.5. The van der Waals surface area contributed by atoms with Crippen LogP contribution in [0.25, 0.3) is 0 Å². The van der Waals surface area contributed by atoms with Crippen LogP contribution in [0.1, 0.15) is 40.5 Å². The zero-order chi connectivity index (χ0) is 23.5. The van der Waals surface area contributed by atoms with Crippen LogP contribution in [0.5, 0.6) is 0 Å². The molecule has 0 saturated carbocycles. The van der Waals surface area contributed by atoms with Crippen molar-refractivity contribution in [3.63, 3.8) is 0 Å². The highest BCUT2D eigenvalue weighted by atomic mass is 32.2. The minimum Gasteiger partial charge on any atom is -0.373 e. The summed E-state index contributed by atoms with van der Waals surface area (Å²) in [6, 6.07) is 5.04. The van der Waals surface area contributed by atoms with Gasteiger partial charge in [-0.2, -0.15) is 4.72 Å². The Hall–Kier alpha value is -2.01. The minimum atomic E-state index is -3.88. The Morgan fingerprint density at radius 3 is 2.38 bits per heavy atom. The van der Waals surface area contributed by atoms with E-state index in [9.17, 15) is 18.0 Å². The summed E-state index contributed by atoms with van der Waals surface area (Å²) in [6.45, 7) is 10.1. The predicted octanol–water partition coefficient (Wildman–Crippen LogP) is 1.41. The van der Waals surface area contributed by atoms with Crippen LogP contribution in [-0.4, -0.2) is 80.5 Å². The van der Waals surface area contributed by atoms with Crippen LogP contribution in [0.2, 0.25) is 0 Å². The molecule has 1 aromatic rings. The average molecular weight is 467 g/mol. The van der Waals surface area contributed by atoms with Crippen molar-refractivity contribution in [2.75, 3.05) is 31.5 Å². The average Bonchev–Trinajstić information content (AvgIpc) is 3.14. The van der Waals surface area contributed by atoms with Crippen molar-refractivity contribution in [3.8, 4) is 0 Å². The van der Waals surface area contributed by atoms with Gasteiger partial charge in [-0.15, -0.1) is 0 Å². The maximum atomic E-state index is 13.1. The van der Waals surface area contributed by atoms with Crippen LogP contribution in [0.15, 0.2) is 29.2 Å².